The van der Waals surface area contributed by atoms with Gasteiger partial charge in [0.15, 0.2) is 17.3 Å². The van der Waals surface area contributed by atoms with E-state index in [0.29, 0.717) is 30.2 Å². The van der Waals surface area contributed by atoms with Crippen LogP contribution in [0.3, 0.4) is 0 Å². The summed E-state index contributed by atoms with van der Waals surface area (Å²) in [4.78, 5) is 11.9. The van der Waals surface area contributed by atoms with E-state index in [4.69, 9.17) is 9.47 Å². The minimum absolute atomic E-state index is 0.0729. The molecule has 21 heavy (non-hydrogen) atoms. The van der Waals surface area contributed by atoms with Gasteiger partial charge < -0.3 is 14.8 Å². The highest BCUT2D eigenvalue weighted by Gasteiger charge is 2.08. The maximum Gasteiger partial charge on any atom is 0.225 e. The Morgan fingerprint density at radius 2 is 2.00 bits per heavy atom. The zero-order valence-corrected chi connectivity index (χ0v) is 12.4. The van der Waals surface area contributed by atoms with E-state index in [0.717, 1.165) is 11.3 Å². The molecular formula is C15H19N3O3. The normalized spacial score (nSPS) is 10.2. The average molecular weight is 289 g/mol. The number of hydrogen-bond acceptors (Lipinski definition) is 4. The zero-order chi connectivity index (χ0) is 15.2. The van der Waals surface area contributed by atoms with Crippen LogP contribution in [0, 0.1) is 6.92 Å². The minimum atomic E-state index is -0.0729. The molecule has 6 heteroatoms. The van der Waals surface area contributed by atoms with Gasteiger partial charge in [0.2, 0.25) is 5.91 Å². The number of aromatic nitrogens is 2. The molecule has 112 valence electrons. The maximum absolute atomic E-state index is 11.9. The number of benzene rings is 1. The highest BCUT2D eigenvalue weighted by Crippen LogP contribution is 2.27. The first kappa shape index (κ1) is 14.9. The Morgan fingerprint density at radius 3 is 2.62 bits per heavy atom. The van der Waals surface area contributed by atoms with E-state index in [1.807, 2.05) is 25.1 Å². The lowest BCUT2D eigenvalue weighted by atomic mass is 10.1. The first-order valence-electron chi connectivity index (χ1n) is 6.65. The second-order valence-corrected chi connectivity index (χ2v) is 4.67. The number of carbonyl (C=O) groups excluding carboxylic acids is 1. The summed E-state index contributed by atoms with van der Waals surface area (Å²) in [5, 5.41) is 9.49. The fraction of sp³-hybridized carbons (Fsp3) is 0.333. The SMILES string of the molecule is COc1ccc(CCC(=O)Nc2cc(C)[nH]n2)cc1OC. The third-order valence-corrected chi connectivity index (χ3v) is 3.06. The van der Waals surface area contributed by atoms with Crippen LogP contribution in [-0.4, -0.2) is 30.3 Å². The Bertz CT molecular complexity index is 622. The molecule has 2 N–H and O–H groups in total. The largest absolute Gasteiger partial charge is 0.493 e. The Hall–Kier alpha value is -2.50. The van der Waals surface area contributed by atoms with Crippen molar-refractivity contribution < 1.29 is 14.3 Å². The quantitative estimate of drug-likeness (QED) is 0.855. The molecule has 2 aromatic rings. The molecule has 0 aliphatic heterocycles. The van der Waals surface area contributed by atoms with Crippen LogP contribution >= 0.6 is 0 Å². The first-order chi connectivity index (χ1) is 10.1. The lowest BCUT2D eigenvalue weighted by Gasteiger charge is -2.09. The molecule has 2 rings (SSSR count). The van der Waals surface area contributed by atoms with Gasteiger partial charge in [-0.2, -0.15) is 5.10 Å². The number of anilines is 1. The van der Waals surface area contributed by atoms with E-state index in [2.05, 4.69) is 15.5 Å². The lowest BCUT2D eigenvalue weighted by molar-refractivity contribution is -0.116. The lowest BCUT2D eigenvalue weighted by Crippen LogP contribution is -2.12. The van der Waals surface area contributed by atoms with Crippen LogP contribution in [0.1, 0.15) is 17.7 Å². The number of methoxy groups -OCH3 is 2. The number of hydrogen-bond donors (Lipinski definition) is 2. The number of aromatic amines is 1. The molecule has 6 nitrogen and oxygen atoms in total. The van der Waals surface area contributed by atoms with Crippen molar-refractivity contribution in [2.24, 2.45) is 0 Å². The van der Waals surface area contributed by atoms with Gasteiger partial charge in [0.25, 0.3) is 0 Å². The van der Waals surface area contributed by atoms with E-state index in [-0.39, 0.29) is 5.91 Å². The molecular weight excluding hydrogens is 270 g/mol. The molecule has 1 amide bonds. The third kappa shape index (κ3) is 3.98. The number of rotatable bonds is 6. The van der Waals surface area contributed by atoms with Crippen LogP contribution in [0.2, 0.25) is 0 Å². The fourth-order valence-electron chi connectivity index (χ4n) is 1.98. The van der Waals surface area contributed by atoms with Crippen molar-refractivity contribution in [1.29, 1.82) is 0 Å². The summed E-state index contributed by atoms with van der Waals surface area (Å²) < 4.78 is 10.4. The fourth-order valence-corrected chi connectivity index (χ4v) is 1.98. The van der Waals surface area contributed by atoms with Gasteiger partial charge in [0, 0.05) is 18.2 Å². The van der Waals surface area contributed by atoms with E-state index in [9.17, 15) is 4.79 Å². The van der Waals surface area contributed by atoms with Gasteiger partial charge in [-0.1, -0.05) is 6.07 Å². The van der Waals surface area contributed by atoms with E-state index in [1.54, 1.807) is 20.3 Å². The summed E-state index contributed by atoms with van der Waals surface area (Å²) in [5.41, 5.74) is 1.92. The monoisotopic (exact) mass is 289 g/mol. The molecule has 0 fully saturated rings. The number of ether oxygens (including phenoxy) is 2. The van der Waals surface area contributed by atoms with E-state index in [1.165, 1.54) is 0 Å². The average Bonchev–Trinajstić information content (AvgIpc) is 2.89. The van der Waals surface area contributed by atoms with Crippen molar-refractivity contribution in [2.75, 3.05) is 19.5 Å². The molecule has 0 saturated heterocycles. The van der Waals surface area contributed by atoms with Crippen LogP contribution in [0.25, 0.3) is 0 Å². The molecule has 1 aromatic heterocycles. The van der Waals surface area contributed by atoms with Gasteiger partial charge in [-0.3, -0.25) is 9.89 Å². The number of carbonyl (C=O) groups is 1. The van der Waals surface area contributed by atoms with Crippen LogP contribution in [0.5, 0.6) is 11.5 Å². The third-order valence-electron chi connectivity index (χ3n) is 3.06. The summed E-state index contributed by atoms with van der Waals surface area (Å²) in [6, 6.07) is 7.43. The van der Waals surface area contributed by atoms with E-state index >= 15 is 0 Å². The molecule has 0 saturated carbocycles. The Morgan fingerprint density at radius 1 is 1.24 bits per heavy atom. The summed E-state index contributed by atoms with van der Waals surface area (Å²) in [5.74, 6) is 1.82. The highest BCUT2D eigenvalue weighted by atomic mass is 16.5. The molecule has 1 heterocycles. The second-order valence-electron chi connectivity index (χ2n) is 4.67. The number of amides is 1. The number of H-pyrrole nitrogens is 1. The molecule has 0 atom stereocenters. The first-order valence-corrected chi connectivity index (χ1v) is 6.65. The van der Waals surface area contributed by atoms with Gasteiger partial charge in [0.1, 0.15) is 0 Å². The van der Waals surface area contributed by atoms with Crippen molar-refractivity contribution >= 4 is 11.7 Å². The number of nitrogens with one attached hydrogen (secondary N) is 2. The topological polar surface area (TPSA) is 76.2 Å². The van der Waals surface area contributed by atoms with Crippen molar-refractivity contribution in [3.05, 3.63) is 35.5 Å². The van der Waals surface area contributed by atoms with Crippen molar-refractivity contribution in [1.82, 2.24) is 10.2 Å². The van der Waals surface area contributed by atoms with Gasteiger partial charge in [0.05, 0.1) is 14.2 Å². The smallest absolute Gasteiger partial charge is 0.225 e. The predicted molar refractivity (Wildman–Crippen MR) is 79.8 cm³/mol. The molecule has 1 aromatic carbocycles. The number of aryl methyl sites for hydroxylation is 2. The van der Waals surface area contributed by atoms with Gasteiger partial charge in [-0.15, -0.1) is 0 Å². The van der Waals surface area contributed by atoms with Crippen molar-refractivity contribution in [3.63, 3.8) is 0 Å². The van der Waals surface area contributed by atoms with Crippen molar-refractivity contribution in [2.45, 2.75) is 19.8 Å². The molecule has 0 aliphatic rings. The highest BCUT2D eigenvalue weighted by molar-refractivity contribution is 5.89. The molecule has 0 unspecified atom stereocenters. The Kier molecular flexibility index (Phi) is 4.81. The summed E-state index contributed by atoms with van der Waals surface area (Å²) >= 11 is 0. The molecule has 0 bridgehead atoms. The van der Waals surface area contributed by atoms with Crippen LogP contribution < -0.4 is 14.8 Å². The van der Waals surface area contributed by atoms with Crippen LogP contribution in [-0.2, 0) is 11.2 Å². The van der Waals surface area contributed by atoms with E-state index < -0.39 is 0 Å². The van der Waals surface area contributed by atoms with Gasteiger partial charge in [-0.05, 0) is 31.0 Å². The Balaban J connectivity index is 1.91. The summed E-state index contributed by atoms with van der Waals surface area (Å²) in [6.45, 7) is 1.88. The maximum atomic E-state index is 11.9. The minimum Gasteiger partial charge on any atom is -0.493 e. The summed E-state index contributed by atoms with van der Waals surface area (Å²) in [6.07, 6.45) is 0.997. The van der Waals surface area contributed by atoms with Crippen LogP contribution in [0.4, 0.5) is 5.82 Å². The zero-order valence-electron chi connectivity index (χ0n) is 12.4. The molecule has 0 spiro atoms. The van der Waals surface area contributed by atoms with Gasteiger partial charge >= 0.3 is 0 Å². The van der Waals surface area contributed by atoms with Gasteiger partial charge in [-0.25, -0.2) is 0 Å². The van der Waals surface area contributed by atoms with Crippen molar-refractivity contribution in [3.8, 4) is 11.5 Å². The number of nitrogens with zero attached hydrogens (tertiary/aromatic N) is 1. The predicted octanol–water partition coefficient (Wildman–Crippen LogP) is 2.31. The standard InChI is InChI=1S/C15H19N3O3/c1-10-8-14(18-17-10)16-15(19)7-5-11-4-6-12(20-2)13(9-11)21-3/h4,6,8-9H,5,7H2,1-3H3,(H2,16,17,18,19). The summed E-state index contributed by atoms with van der Waals surface area (Å²) in [7, 11) is 3.19. The van der Waals surface area contributed by atoms with Crippen LogP contribution in [0.15, 0.2) is 24.3 Å². The molecule has 0 aliphatic carbocycles. The molecule has 0 radical (unpaired) electrons. The second kappa shape index (κ2) is 6.78. The Labute approximate surface area is 123 Å².